The number of ether oxygens (including phenoxy) is 2. The molecule has 0 saturated heterocycles. The van der Waals surface area contributed by atoms with Crippen molar-refractivity contribution >= 4 is 29.6 Å². The third kappa shape index (κ3) is 10.0. The summed E-state index contributed by atoms with van der Waals surface area (Å²) >= 11 is 0. The molecule has 0 aliphatic carbocycles. The number of nitrogens with two attached hydrogens (primary N) is 2. The molecular formula is C23H29N7O5. The first-order valence-electron chi connectivity index (χ1n) is 10.8. The number of esters is 2. The molecule has 0 fully saturated rings. The number of urea groups is 1. The van der Waals surface area contributed by atoms with Gasteiger partial charge in [-0.3, -0.25) is 5.41 Å². The Morgan fingerprint density at radius 1 is 1.06 bits per heavy atom. The summed E-state index contributed by atoms with van der Waals surface area (Å²) in [7, 11) is 1.53. The van der Waals surface area contributed by atoms with Gasteiger partial charge in [0, 0.05) is 13.0 Å². The molecule has 0 spiro atoms. The van der Waals surface area contributed by atoms with Gasteiger partial charge in [-0.05, 0) is 42.7 Å². The minimum Gasteiger partial charge on any atom is -0.497 e. The fraction of sp³-hybridized carbons (Fsp3) is 0.304. The summed E-state index contributed by atoms with van der Waals surface area (Å²) in [5.41, 5.74) is 12.1. The molecule has 0 bridgehead atoms. The molecule has 35 heavy (non-hydrogen) atoms. The fourth-order valence-corrected chi connectivity index (χ4v) is 2.88. The molecule has 0 unspecified atom stereocenters. The largest absolute Gasteiger partial charge is 0.497 e. The summed E-state index contributed by atoms with van der Waals surface area (Å²) in [4.78, 5) is 37.3. The molecule has 2 rings (SSSR count). The molecule has 0 radical (unpaired) electrons. The van der Waals surface area contributed by atoms with E-state index < -0.39 is 30.1 Å². The predicted octanol–water partition coefficient (Wildman–Crippen LogP) is 1.76. The van der Waals surface area contributed by atoms with Crippen molar-refractivity contribution in [3.8, 4) is 5.75 Å². The van der Waals surface area contributed by atoms with Gasteiger partial charge in [-0.2, -0.15) is 0 Å². The summed E-state index contributed by atoms with van der Waals surface area (Å²) < 4.78 is 9.98. The Kier molecular flexibility index (Phi) is 10.8. The van der Waals surface area contributed by atoms with Gasteiger partial charge in [-0.1, -0.05) is 35.4 Å². The molecule has 2 aromatic rings. The molecular weight excluding hydrogens is 454 g/mol. The van der Waals surface area contributed by atoms with E-state index >= 15 is 0 Å². The van der Waals surface area contributed by atoms with Crippen LogP contribution in [0.1, 0.15) is 18.4 Å². The van der Waals surface area contributed by atoms with Gasteiger partial charge in [0.05, 0.1) is 12.8 Å². The number of azo groups is 1. The van der Waals surface area contributed by atoms with Crippen LogP contribution in [-0.2, 0) is 20.7 Å². The lowest BCUT2D eigenvalue weighted by atomic mass is 10.1. The normalized spacial score (nSPS) is 12.4. The third-order valence-electron chi connectivity index (χ3n) is 4.70. The second kappa shape index (κ2) is 14.1. The minimum absolute atomic E-state index is 0.0640. The van der Waals surface area contributed by atoms with E-state index in [-0.39, 0.29) is 18.8 Å². The van der Waals surface area contributed by atoms with Crippen LogP contribution in [0.25, 0.3) is 0 Å². The minimum atomic E-state index is -1.20. The Morgan fingerprint density at radius 2 is 1.74 bits per heavy atom. The number of carbonyl (C=O) groups excluding carboxylic acids is 3. The number of hydrogen-bond donors (Lipinski definition) is 5. The number of methoxy groups -OCH3 is 1. The Morgan fingerprint density at radius 3 is 2.37 bits per heavy atom. The van der Waals surface area contributed by atoms with Crippen molar-refractivity contribution < 1.29 is 23.9 Å². The second-order valence-electron chi connectivity index (χ2n) is 7.42. The summed E-state index contributed by atoms with van der Waals surface area (Å²) in [5.74, 6) is -1.47. The van der Waals surface area contributed by atoms with Crippen molar-refractivity contribution in [3.05, 3.63) is 60.2 Å². The SMILES string of the molecule is COc1ccc(N=NC(=O)N[C@@H](Cc2ccccc2)C(=O)OC(=O)[C@@H](N)CCCNC(=N)N)cc1. The van der Waals surface area contributed by atoms with E-state index in [9.17, 15) is 14.4 Å². The van der Waals surface area contributed by atoms with Gasteiger partial charge >= 0.3 is 18.0 Å². The van der Waals surface area contributed by atoms with Gasteiger partial charge in [0.2, 0.25) is 0 Å². The van der Waals surface area contributed by atoms with Gasteiger partial charge in [0.25, 0.3) is 0 Å². The number of carbonyl (C=O) groups is 3. The van der Waals surface area contributed by atoms with Crippen LogP contribution in [0.2, 0.25) is 0 Å². The van der Waals surface area contributed by atoms with Crippen molar-refractivity contribution in [2.75, 3.05) is 13.7 Å². The first kappa shape index (κ1) is 26.9. The highest BCUT2D eigenvalue weighted by atomic mass is 16.6. The molecule has 2 amide bonds. The van der Waals surface area contributed by atoms with E-state index in [1.807, 2.05) is 6.07 Å². The zero-order valence-corrected chi connectivity index (χ0v) is 19.3. The fourth-order valence-electron chi connectivity index (χ4n) is 2.88. The van der Waals surface area contributed by atoms with Crippen LogP contribution in [0.3, 0.4) is 0 Å². The van der Waals surface area contributed by atoms with Crippen LogP contribution in [0.4, 0.5) is 10.5 Å². The highest BCUT2D eigenvalue weighted by Crippen LogP contribution is 2.18. The lowest BCUT2D eigenvalue weighted by molar-refractivity contribution is -0.162. The maximum absolute atomic E-state index is 12.7. The van der Waals surface area contributed by atoms with E-state index in [1.165, 1.54) is 7.11 Å². The Balaban J connectivity index is 2.00. The number of guanidine groups is 1. The summed E-state index contributed by atoms with van der Waals surface area (Å²) in [6, 6.07) is 12.3. The van der Waals surface area contributed by atoms with Gasteiger partial charge in [-0.25, -0.2) is 14.4 Å². The molecule has 7 N–H and O–H groups in total. The van der Waals surface area contributed by atoms with E-state index in [0.29, 0.717) is 24.4 Å². The number of benzene rings is 2. The van der Waals surface area contributed by atoms with Gasteiger partial charge < -0.3 is 31.6 Å². The number of nitrogens with one attached hydrogen (secondary N) is 3. The summed E-state index contributed by atoms with van der Waals surface area (Å²) in [6.45, 7) is 0.343. The topological polar surface area (TPSA) is 194 Å². The van der Waals surface area contributed by atoms with Crippen molar-refractivity contribution in [2.45, 2.75) is 31.3 Å². The number of amides is 2. The molecule has 0 saturated carbocycles. The average Bonchev–Trinajstić information content (AvgIpc) is 2.85. The number of rotatable bonds is 11. The zero-order chi connectivity index (χ0) is 25.6. The summed E-state index contributed by atoms with van der Waals surface area (Å²) in [5, 5.41) is 19.5. The second-order valence-corrected chi connectivity index (χ2v) is 7.42. The third-order valence-corrected chi connectivity index (χ3v) is 4.70. The average molecular weight is 484 g/mol. The van der Waals surface area contributed by atoms with E-state index in [1.54, 1.807) is 48.5 Å². The molecule has 12 heteroatoms. The standard InChI is InChI=1S/C23H29N7O5/c1-34-17-11-9-16(10-12-17)29-30-23(33)28-19(14-15-6-3-2-4-7-15)21(32)35-20(31)18(24)8-5-13-27-22(25)26/h2-4,6-7,9-12,18-19H,5,8,13-14,24H2,1H3,(H,28,33)(H4,25,26,27)/t18-,19-/m0/s1. The van der Waals surface area contributed by atoms with Crippen LogP contribution in [0.15, 0.2) is 64.8 Å². The first-order chi connectivity index (χ1) is 16.8. The highest BCUT2D eigenvalue weighted by Gasteiger charge is 2.27. The summed E-state index contributed by atoms with van der Waals surface area (Å²) in [6.07, 6.45) is 0.701. The lowest BCUT2D eigenvalue weighted by Gasteiger charge is -2.17. The molecule has 2 atom stereocenters. The van der Waals surface area contributed by atoms with Gasteiger partial charge in [0.1, 0.15) is 17.8 Å². The predicted molar refractivity (Wildman–Crippen MR) is 128 cm³/mol. The van der Waals surface area contributed by atoms with E-state index in [0.717, 1.165) is 5.56 Å². The smallest absolute Gasteiger partial charge is 0.360 e. The van der Waals surface area contributed by atoms with Crippen LogP contribution >= 0.6 is 0 Å². The maximum atomic E-state index is 12.7. The molecule has 12 nitrogen and oxygen atoms in total. The van der Waals surface area contributed by atoms with Gasteiger partial charge in [-0.15, -0.1) is 5.11 Å². The highest BCUT2D eigenvalue weighted by molar-refractivity contribution is 5.93. The van der Waals surface area contributed by atoms with E-state index in [2.05, 4.69) is 20.9 Å². The zero-order valence-electron chi connectivity index (χ0n) is 19.3. The monoisotopic (exact) mass is 483 g/mol. The van der Waals surface area contributed by atoms with Crippen LogP contribution in [-0.4, -0.2) is 49.7 Å². The van der Waals surface area contributed by atoms with Crippen molar-refractivity contribution in [1.29, 1.82) is 5.41 Å². The number of hydrogen-bond acceptors (Lipinski definition) is 8. The van der Waals surface area contributed by atoms with Crippen molar-refractivity contribution in [3.63, 3.8) is 0 Å². The first-order valence-corrected chi connectivity index (χ1v) is 10.8. The molecule has 2 aromatic carbocycles. The van der Waals surface area contributed by atoms with Crippen molar-refractivity contribution in [2.24, 2.45) is 21.7 Å². The van der Waals surface area contributed by atoms with Crippen LogP contribution in [0, 0.1) is 5.41 Å². The molecule has 0 aliphatic heterocycles. The van der Waals surface area contributed by atoms with Crippen molar-refractivity contribution in [1.82, 2.24) is 10.6 Å². The van der Waals surface area contributed by atoms with E-state index in [4.69, 9.17) is 26.4 Å². The maximum Gasteiger partial charge on any atom is 0.360 e. The Bertz CT molecular complexity index is 1030. The lowest BCUT2D eigenvalue weighted by Crippen LogP contribution is -2.45. The quantitative estimate of drug-likeness (QED) is 0.0796. The molecule has 0 aromatic heterocycles. The number of nitrogens with zero attached hydrogens (tertiary/aromatic N) is 2. The molecule has 0 heterocycles. The molecule has 0 aliphatic rings. The Hall–Kier alpha value is -4.32. The molecule has 186 valence electrons. The van der Waals surface area contributed by atoms with Crippen LogP contribution < -0.4 is 26.8 Å². The van der Waals surface area contributed by atoms with Gasteiger partial charge in [0.15, 0.2) is 5.96 Å². The van der Waals surface area contributed by atoms with Crippen LogP contribution in [0.5, 0.6) is 5.75 Å². The Labute approximate surface area is 202 Å².